The van der Waals surface area contributed by atoms with Gasteiger partial charge in [0.25, 0.3) is 0 Å². The van der Waals surface area contributed by atoms with Gasteiger partial charge in [-0.05, 0) is 76.3 Å². The first-order valence-corrected chi connectivity index (χ1v) is 17.6. The average molecular weight is 771 g/mol. The van der Waals surface area contributed by atoms with E-state index in [1.807, 2.05) is 13.0 Å². The first kappa shape index (κ1) is 37.7. The highest BCUT2D eigenvalue weighted by Crippen LogP contribution is 2.41. The van der Waals surface area contributed by atoms with Crippen LogP contribution >= 0.6 is 0 Å². The van der Waals surface area contributed by atoms with Crippen LogP contribution in [0.3, 0.4) is 0 Å². The number of rotatable bonds is 11. The standard InChI is InChI=1S/C36H36F6N10O3/c1-19-6-11-28(52(19)21-7-9-25-23(14-21)24(35(37,38)39)15-29(53)48-25)31(36(40,41)42)55-13-5-3-4-12-51-30(54)17-44-33-34(51)49-27(16-43-33)22-8-10-26(47-20(22)2)32-45-18-46-50-32/h7-10,14-16,18-19,28,31H,3-6,11-13,17H2,1-2H3,(H,43,44)(H,48,53)(H,45,46,50)/t19-,28+,31?/m0/s1. The van der Waals surface area contributed by atoms with Crippen LogP contribution in [0.25, 0.3) is 33.7 Å². The maximum atomic E-state index is 14.6. The topological polar surface area (TPSA) is 158 Å². The van der Waals surface area contributed by atoms with Crippen LogP contribution in [-0.2, 0) is 15.7 Å². The maximum absolute atomic E-state index is 14.6. The highest BCUT2D eigenvalue weighted by molar-refractivity contribution is 6.01. The summed E-state index contributed by atoms with van der Waals surface area (Å²) in [5.74, 6) is 1.03. The fourth-order valence-corrected chi connectivity index (χ4v) is 7.30. The second-order valence-electron chi connectivity index (χ2n) is 13.6. The van der Waals surface area contributed by atoms with E-state index in [1.165, 1.54) is 34.3 Å². The molecule has 0 saturated carbocycles. The van der Waals surface area contributed by atoms with Crippen LogP contribution in [0.15, 0.2) is 53.7 Å². The van der Waals surface area contributed by atoms with Crippen molar-refractivity contribution in [3.63, 3.8) is 0 Å². The first-order valence-electron chi connectivity index (χ1n) is 17.6. The summed E-state index contributed by atoms with van der Waals surface area (Å²) in [6.07, 6.45) is -7.24. The van der Waals surface area contributed by atoms with Gasteiger partial charge >= 0.3 is 12.4 Å². The van der Waals surface area contributed by atoms with Crippen molar-refractivity contribution in [3.8, 4) is 22.8 Å². The van der Waals surface area contributed by atoms with Crippen molar-refractivity contribution in [2.24, 2.45) is 0 Å². The fourth-order valence-electron chi connectivity index (χ4n) is 7.30. The van der Waals surface area contributed by atoms with Gasteiger partial charge in [0.1, 0.15) is 12.0 Å². The quantitative estimate of drug-likeness (QED) is 0.101. The van der Waals surface area contributed by atoms with E-state index < -0.39 is 41.7 Å². The van der Waals surface area contributed by atoms with Gasteiger partial charge in [-0.25, -0.2) is 19.9 Å². The molecule has 0 radical (unpaired) electrons. The number of unbranched alkanes of at least 4 members (excludes halogenated alkanes) is 2. The number of hydrogen-bond donors (Lipinski definition) is 3. The summed E-state index contributed by atoms with van der Waals surface area (Å²) >= 11 is 0. The average Bonchev–Trinajstić information content (AvgIpc) is 3.81. The lowest BCUT2D eigenvalue weighted by Crippen LogP contribution is -2.50. The van der Waals surface area contributed by atoms with Gasteiger partial charge in [-0.15, -0.1) is 0 Å². The number of aryl methyl sites for hydroxylation is 1. The predicted molar refractivity (Wildman–Crippen MR) is 190 cm³/mol. The number of nitrogens with zero attached hydrogens (tertiary/aromatic N) is 7. The number of ether oxygens (including phenoxy) is 1. The molecule has 55 heavy (non-hydrogen) atoms. The molecule has 4 aromatic heterocycles. The maximum Gasteiger partial charge on any atom is 0.417 e. The van der Waals surface area contributed by atoms with Crippen LogP contribution < -0.4 is 20.7 Å². The van der Waals surface area contributed by atoms with Gasteiger partial charge in [0.05, 0.1) is 30.0 Å². The molecule has 2 aliphatic heterocycles. The molecule has 6 heterocycles. The summed E-state index contributed by atoms with van der Waals surface area (Å²) in [7, 11) is 0. The Kier molecular flexibility index (Phi) is 10.2. The van der Waals surface area contributed by atoms with E-state index in [9.17, 15) is 35.9 Å². The fraction of sp³-hybridized carbons (Fsp3) is 0.417. The molecule has 2 aliphatic rings. The van der Waals surface area contributed by atoms with E-state index in [1.54, 1.807) is 19.2 Å². The second-order valence-corrected chi connectivity index (χ2v) is 13.6. The van der Waals surface area contributed by atoms with E-state index in [0.29, 0.717) is 65.4 Å². The lowest BCUT2D eigenvalue weighted by molar-refractivity contribution is -0.226. The smallest absolute Gasteiger partial charge is 0.367 e. The van der Waals surface area contributed by atoms with Crippen molar-refractivity contribution in [3.05, 3.63) is 70.5 Å². The van der Waals surface area contributed by atoms with E-state index in [2.05, 4.69) is 35.5 Å². The largest absolute Gasteiger partial charge is 0.417 e. The molecule has 0 bridgehead atoms. The Morgan fingerprint density at radius 1 is 0.964 bits per heavy atom. The van der Waals surface area contributed by atoms with Gasteiger partial charge < -0.3 is 19.9 Å². The molecule has 13 nitrogen and oxygen atoms in total. The number of carbonyl (C=O) groups is 1. The molecular weight excluding hydrogens is 734 g/mol. The molecule has 3 atom stereocenters. The van der Waals surface area contributed by atoms with Crippen LogP contribution in [0.4, 0.5) is 43.7 Å². The monoisotopic (exact) mass is 770 g/mol. The number of carbonyl (C=O) groups excluding carboxylic acids is 1. The molecule has 5 aromatic rings. The Morgan fingerprint density at radius 2 is 1.78 bits per heavy atom. The molecule has 0 aliphatic carbocycles. The molecule has 1 amide bonds. The molecule has 7 rings (SSSR count). The van der Waals surface area contributed by atoms with Crippen molar-refractivity contribution >= 4 is 34.1 Å². The third kappa shape index (κ3) is 7.83. The molecule has 1 fully saturated rings. The summed E-state index contributed by atoms with van der Waals surface area (Å²) in [6, 6.07) is 6.29. The zero-order valence-electron chi connectivity index (χ0n) is 29.6. The Balaban J connectivity index is 1.00. The minimum Gasteiger partial charge on any atom is -0.367 e. The number of hydrogen-bond acceptors (Lipinski definition) is 10. The summed E-state index contributed by atoms with van der Waals surface area (Å²) in [6.45, 7) is 3.55. The van der Waals surface area contributed by atoms with Crippen LogP contribution in [0.5, 0.6) is 0 Å². The minimum atomic E-state index is -4.85. The Bertz CT molecular complexity index is 2240. The van der Waals surface area contributed by atoms with Crippen molar-refractivity contribution in [2.45, 2.75) is 76.5 Å². The summed E-state index contributed by atoms with van der Waals surface area (Å²) in [5.41, 5.74) is 0.435. The van der Waals surface area contributed by atoms with Gasteiger partial charge in [0.2, 0.25) is 11.5 Å². The Hall–Kier alpha value is -5.59. The molecule has 1 aromatic carbocycles. The van der Waals surface area contributed by atoms with Crippen molar-refractivity contribution in [1.29, 1.82) is 0 Å². The number of aromatic amines is 2. The number of amides is 1. The molecule has 19 heteroatoms. The van der Waals surface area contributed by atoms with E-state index in [-0.39, 0.29) is 55.0 Å². The number of nitrogens with one attached hydrogen (secondary N) is 3. The summed E-state index contributed by atoms with van der Waals surface area (Å²) < 4.78 is 90.7. The molecular formula is C36H36F6N10O3. The number of anilines is 3. The van der Waals surface area contributed by atoms with Crippen LogP contribution in [-0.4, -0.2) is 85.1 Å². The van der Waals surface area contributed by atoms with E-state index in [0.717, 1.165) is 0 Å². The number of H-pyrrole nitrogens is 2. The minimum absolute atomic E-state index is 0.00678. The third-order valence-electron chi connectivity index (χ3n) is 9.88. The van der Waals surface area contributed by atoms with E-state index in [4.69, 9.17) is 9.72 Å². The molecule has 3 N–H and O–H groups in total. The number of aromatic nitrogens is 7. The van der Waals surface area contributed by atoms with Gasteiger partial charge in [-0.2, -0.15) is 31.4 Å². The molecule has 1 saturated heterocycles. The van der Waals surface area contributed by atoms with Gasteiger partial charge in [0, 0.05) is 53.1 Å². The Morgan fingerprint density at radius 3 is 2.51 bits per heavy atom. The highest BCUT2D eigenvalue weighted by atomic mass is 19.4. The highest BCUT2D eigenvalue weighted by Gasteiger charge is 2.50. The summed E-state index contributed by atoms with van der Waals surface area (Å²) in [5, 5.41) is 9.27. The summed E-state index contributed by atoms with van der Waals surface area (Å²) in [4.78, 5) is 48.1. The zero-order valence-corrected chi connectivity index (χ0v) is 29.6. The number of alkyl halides is 6. The number of halogens is 6. The van der Waals surface area contributed by atoms with Crippen molar-refractivity contribution in [1.82, 2.24) is 35.1 Å². The Labute approximate surface area is 309 Å². The van der Waals surface area contributed by atoms with Crippen LogP contribution in [0.2, 0.25) is 0 Å². The van der Waals surface area contributed by atoms with Crippen molar-refractivity contribution < 1.29 is 35.9 Å². The molecule has 0 spiro atoms. The molecule has 290 valence electrons. The number of benzene rings is 1. The predicted octanol–water partition coefficient (Wildman–Crippen LogP) is 6.43. The SMILES string of the molecule is Cc1nc(-c2ncn[nH]2)ccc1-c1cnc2c(n1)N(CCCCCOC([C@H]1CC[C@H](C)N1c1ccc3[nH]c(=O)cc(C(F)(F)F)c3c1)C(F)(F)F)C(=O)CN2. The number of pyridine rings is 2. The van der Waals surface area contributed by atoms with Gasteiger partial charge in [0.15, 0.2) is 23.6 Å². The normalized spacial score (nSPS) is 18.1. The van der Waals surface area contributed by atoms with Crippen LogP contribution in [0, 0.1) is 6.92 Å². The van der Waals surface area contributed by atoms with Gasteiger partial charge in [-0.1, -0.05) is 0 Å². The van der Waals surface area contributed by atoms with Crippen LogP contribution in [0.1, 0.15) is 50.3 Å². The van der Waals surface area contributed by atoms with Crippen molar-refractivity contribution in [2.75, 3.05) is 34.8 Å². The lowest BCUT2D eigenvalue weighted by Gasteiger charge is -2.36. The lowest BCUT2D eigenvalue weighted by atomic mass is 10.0. The zero-order chi connectivity index (χ0) is 39.1. The first-order chi connectivity index (χ1) is 26.2. The number of fused-ring (bicyclic) bond motifs is 2. The van der Waals surface area contributed by atoms with Gasteiger partial charge in [-0.3, -0.25) is 19.6 Å². The molecule has 1 unspecified atom stereocenters. The third-order valence-corrected chi connectivity index (χ3v) is 9.88. The van der Waals surface area contributed by atoms with E-state index >= 15 is 0 Å². The second kappa shape index (κ2) is 14.9.